The minimum Gasteiger partial charge on any atom is -0.311 e. The van der Waals surface area contributed by atoms with E-state index in [1.165, 1.54) is 11.8 Å². The van der Waals surface area contributed by atoms with Crippen LogP contribution in [0.15, 0.2) is 29.7 Å². The number of nitrogens with zero attached hydrogens (tertiary/aromatic N) is 5. The average Bonchev–Trinajstić information content (AvgIpc) is 3.01. The minimum absolute atomic E-state index is 0.0384. The van der Waals surface area contributed by atoms with Gasteiger partial charge < -0.3 is 9.47 Å². The van der Waals surface area contributed by atoms with E-state index in [4.69, 9.17) is 5.26 Å². The summed E-state index contributed by atoms with van der Waals surface area (Å²) in [5.74, 6) is 0.215. The van der Waals surface area contributed by atoms with Crippen molar-refractivity contribution in [2.75, 3.05) is 17.2 Å². The second kappa shape index (κ2) is 8.67. The number of rotatable bonds is 7. The molecule has 7 heteroatoms. The van der Waals surface area contributed by atoms with Crippen LogP contribution in [0, 0.1) is 25.2 Å². The second-order valence-electron chi connectivity index (χ2n) is 6.20. The summed E-state index contributed by atoms with van der Waals surface area (Å²) in [6.45, 7) is 8.48. The van der Waals surface area contributed by atoms with Gasteiger partial charge in [0.1, 0.15) is 6.33 Å². The Morgan fingerprint density at radius 2 is 2.00 bits per heavy atom. The van der Waals surface area contributed by atoms with Crippen molar-refractivity contribution >= 4 is 23.4 Å². The second-order valence-corrected chi connectivity index (χ2v) is 7.15. The number of aromatic nitrogens is 3. The smallest absolute Gasteiger partial charge is 0.237 e. The van der Waals surface area contributed by atoms with Crippen LogP contribution in [0.5, 0.6) is 0 Å². The zero-order valence-electron chi connectivity index (χ0n) is 15.1. The summed E-state index contributed by atoms with van der Waals surface area (Å²) in [4.78, 5) is 14.5. The predicted molar refractivity (Wildman–Crippen MR) is 99.6 cm³/mol. The van der Waals surface area contributed by atoms with Gasteiger partial charge in [0.2, 0.25) is 5.91 Å². The van der Waals surface area contributed by atoms with Crippen molar-refractivity contribution in [3.63, 3.8) is 0 Å². The number of anilines is 1. The number of carbonyl (C=O) groups excluding carboxylic acids is 1. The lowest BCUT2D eigenvalue weighted by Crippen LogP contribution is -2.33. The molecule has 1 amide bonds. The lowest BCUT2D eigenvalue weighted by molar-refractivity contribution is -0.116. The van der Waals surface area contributed by atoms with Gasteiger partial charge in [-0.1, -0.05) is 17.8 Å². The Morgan fingerprint density at radius 1 is 1.32 bits per heavy atom. The first-order chi connectivity index (χ1) is 11.9. The topological polar surface area (TPSA) is 74.8 Å². The van der Waals surface area contributed by atoms with Gasteiger partial charge >= 0.3 is 0 Å². The minimum atomic E-state index is -0.0384. The van der Waals surface area contributed by atoms with Crippen LogP contribution in [0.3, 0.4) is 0 Å². The van der Waals surface area contributed by atoms with Crippen LogP contribution < -0.4 is 4.90 Å². The van der Waals surface area contributed by atoms with Gasteiger partial charge in [0.05, 0.1) is 18.2 Å². The molecule has 2 rings (SSSR count). The Kier molecular flexibility index (Phi) is 6.59. The number of thioether (sulfide) groups is 1. The van der Waals surface area contributed by atoms with Crippen molar-refractivity contribution in [2.45, 2.75) is 45.3 Å². The van der Waals surface area contributed by atoms with E-state index in [1.54, 1.807) is 11.2 Å². The first-order valence-corrected chi connectivity index (χ1v) is 9.19. The van der Waals surface area contributed by atoms with Crippen LogP contribution in [0.25, 0.3) is 0 Å². The number of carbonyl (C=O) groups is 1. The Balaban J connectivity index is 2.15. The molecule has 0 saturated carbocycles. The van der Waals surface area contributed by atoms with Gasteiger partial charge in [-0.2, -0.15) is 5.26 Å². The lowest BCUT2D eigenvalue weighted by atomic mass is 10.1. The number of aryl methyl sites for hydroxylation is 2. The van der Waals surface area contributed by atoms with Crippen LogP contribution in [0.1, 0.15) is 37.4 Å². The molecule has 0 aliphatic heterocycles. The molecule has 0 aliphatic rings. The molecule has 0 fully saturated rings. The van der Waals surface area contributed by atoms with Gasteiger partial charge in [-0.15, -0.1) is 10.2 Å². The van der Waals surface area contributed by atoms with Crippen LogP contribution >= 0.6 is 11.8 Å². The fourth-order valence-corrected chi connectivity index (χ4v) is 3.48. The summed E-state index contributed by atoms with van der Waals surface area (Å²) in [6, 6.07) is 8.37. The maximum absolute atomic E-state index is 12.8. The molecule has 0 bridgehead atoms. The number of hydrogen-bond acceptors (Lipinski definition) is 5. The van der Waals surface area contributed by atoms with E-state index in [1.807, 2.05) is 44.4 Å². The fourth-order valence-electron chi connectivity index (χ4n) is 2.56. The quantitative estimate of drug-likeness (QED) is 0.709. The third kappa shape index (κ3) is 5.07. The van der Waals surface area contributed by atoms with Crippen molar-refractivity contribution in [3.8, 4) is 6.07 Å². The summed E-state index contributed by atoms with van der Waals surface area (Å²) in [6.07, 6.45) is 1.97. The van der Waals surface area contributed by atoms with E-state index in [0.717, 1.165) is 22.0 Å². The third-order valence-electron chi connectivity index (χ3n) is 3.69. The van der Waals surface area contributed by atoms with E-state index in [0.29, 0.717) is 13.0 Å². The normalized spacial score (nSPS) is 10.7. The van der Waals surface area contributed by atoms with Gasteiger partial charge in [0, 0.05) is 18.3 Å². The van der Waals surface area contributed by atoms with Crippen molar-refractivity contribution in [3.05, 3.63) is 35.7 Å². The van der Waals surface area contributed by atoms with Gasteiger partial charge in [0.15, 0.2) is 5.16 Å². The molecular formula is C18H23N5OS. The summed E-state index contributed by atoms with van der Waals surface area (Å²) < 4.78 is 1.94. The maximum Gasteiger partial charge on any atom is 0.237 e. The highest BCUT2D eigenvalue weighted by Gasteiger charge is 2.18. The summed E-state index contributed by atoms with van der Waals surface area (Å²) >= 11 is 1.37. The molecule has 0 radical (unpaired) electrons. The molecule has 2 aromatic rings. The van der Waals surface area contributed by atoms with Crippen LogP contribution in [-0.2, 0) is 4.79 Å². The molecule has 132 valence electrons. The average molecular weight is 357 g/mol. The van der Waals surface area contributed by atoms with E-state index in [9.17, 15) is 4.79 Å². The van der Waals surface area contributed by atoms with Gasteiger partial charge in [-0.05, 0) is 51.0 Å². The molecule has 0 aliphatic carbocycles. The van der Waals surface area contributed by atoms with Crippen molar-refractivity contribution in [2.24, 2.45) is 0 Å². The molecule has 0 unspecified atom stereocenters. The van der Waals surface area contributed by atoms with Crippen LogP contribution in [0.4, 0.5) is 5.69 Å². The number of hydrogen-bond donors (Lipinski definition) is 0. The largest absolute Gasteiger partial charge is 0.311 e. The maximum atomic E-state index is 12.8. The van der Waals surface area contributed by atoms with Gasteiger partial charge in [-0.25, -0.2) is 0 Å². The summed E-state index contributed by atoms with van der Waals surface area (Å²) in [5, 5.41) is 17.6. The lowest BCUT2D eigenvalue weighted by Gasteiger charge is -2.22. The zero-order chi connectivity index (χ0) is 18.4. The number of amides is 1. The molecule has 0 spiro atoms. The first kappa shape index (κ1) is 19.0. The number of benzene rings is 1. The van der Waals surface area contributed by atoms with E-state index in [-0.39, 0.29) is 17.7 Å². The van der Waals surface area contributed by atoms with E-state index >= 15 is 0 Å². The monoisotopic (exact) mass is 357 g/mol. The molecule has 0 atom stereocenters. The highest BCUT2D eigenvalue weighted by atomic mass is 32.2. The number of nitriles is 1. The zero-order valence-corrected chi connectivity index (χ0v) is 15.9. The Bertz CT molecular complexity index is 758. The van der Waals surface area contributed by atoms with Crippen LogP contribution in [0.2, 0.25) is 0 Å². The summed E-state index contributed by atoms with van der Waals surface area (Å²) in [5.41, 5.74) is 3.03. The highest BCUT2D eigenvalue weighted by Crippen LogP contribution is 2.23. The Morgan fingerprint density at radius 3 is 2.60 bits per heavy atom. The molecule has 1 heterocycles. The molecule has 0 saturated heterocycles. The fraction of sp³-hybridized carbons (Fsp3) is 0.444. The van der Waals surface area contributed by atoms with E-state index < -0.39 is 0 Å². The Hall–Kier alpha value is -2.33. The molecule has 0 N–H and O–H groups in total. The van der Waals surface area contributed by atoms with Crippen molar-refractivity contribution in [1.29, 1.82) is 5.26 Å². The van der Waals surface area contributed by atoms with Gasteiger partial charge in [-0.3, -0.25) is 4.79 Å². The van der Waals surface area contributed by atoms with E-state index in [2.05, 4.69) is 22.3 Å². The van der Waals surface area contributed by atoms with Crippen molar-refractivity contribution in [1.82, 2.24) is 14.8 Å². The molecule has 1 aromatic heterocycles. The van der Waals surface area contributed by atoms with Gasteiger partial charge in [0.25, 0.3) is 0 Å². The standard InChI is InChI=1S/C18H23N5OS/c1-13(2)23-12-20-21-18(23)25-11-17(24)22(7-5-6-19)16-9-14(3)8-15(4)10-16/h8-10,12-13H,5,7,11H2,1-4H3. The third-order valence-corrected chi connectivity index (χ3v) is 4.63. The molecule has 25 heavy (non-hydrogen) atoms. The predicted octanol–water partition coefficient (Wildman–Crippen LogP) is 3.51. The molecule has 1 aromatic carbocycles. The molecular weight excluding hydrogens is 334 g/mol. The first-order valence-electron chi connectivity index (χ1n) is 8.20. The SMILES string of the molecule is Cc1cc(C)cc(N(CCC#N)C(=O)CSc2nncn2C(C)C)c1. The van der Waals surface area contributed by atoms with Crippen LogP contribution in [-0.4, -0.2) is 33.0 Å². The molecule has 6 nitrogen and oxygen atoms in total. The summed E-state index contributed by atoms with van der Waals surface area (Å²) in [7, 11) is 0. The van der Waals surface area contributed by atoms with Crippen molar-refractivity contribution < 1.29 is 4.79 Å². The highest BCUT2D eigenvalue weighted by molar-refractivity contribution is 7.99. The Labute approximate surface area is 152 Å².